The quantitative estimate of drug-likeness (QED) is 0.615. The van der Waals surface area contributed by atoms with E-state index < -0.39 is 0 Å². The van der Waals surface area contributed by atoms with E-state index in [1.54, 1.807) is 12.1 Å². The van der Waals surface area contributed by atoms with Gasteiger partial charge >= 0.3 is 0 Å². The molecule has 6 heteroatoms. The summed E-state index contributed by atoms with van der Waals surface area (Å²) in [6.07, 6.45) is 4.88. The molecule has 3 nitrogen and oxygen atoms in total. The molecule has 1 N–H and O–H groups in total. The smallest absolute Gasteiger partial charge is 0.226 e. The van der Waals surface area contributed by atoms with E-state index in [4.69, 9.17) is 23.2 Å². The number of carbonyl (C=O) groups is 1. The monoisotopic (exact) mass is 356 g/mol. The van der Waals surface area contributed by atoms with Crippen LogP contribution in [0.2, 0.25) is 10.0 Å². The molecule has 1 aromatic heterocycles. The molecule has 0 radical (unpaired) electrons. The number of nitrogens with zero attached hydrogens (tertiary/aromatic N) is 1. The van der Waals surface area contributed by atoms with E-state index in [2.05, 4.69) is 17.2 Å². The van der Waals surface area contributed by atoms with Crippen molar-refractivity contribution in [3.05, 3.63) is 33.6 Å². The van der Waals surface area contributed by atoms with Crippen LogP contribution in [0.3, 0.4) is 0 Å². The molecule has 0 fully saturated rings. The number of hydrogen-bond donors (Lipinski definition) is 1. The van der Waals surface area contributed by atoms with E-state index in [1.165, 1.54) is 24.2 Å². The van der Waals surface area contributed by atoms with Crippen molar-refractivity contribution in [2.24, 2.45) is 0 Å². The molecule has 0 aliphatic carbocycles. The molecular weight excluding hydrogens is 339 g/mol. The minimum atomic E-state index is 0.0132. The van der Waals surface area contributed by atoms with Crippen molar-refractivity contribution in [1.82, 2.24) is 4.98 Å². The third-order valence-electron chi connectivity index (χ3n) is 3.22. The van der Waals surface area contributed by atoms with Crippen LogP contribution in [0.1, 0.15) is 39.0 Å². The maximum Gasteiger partial charge on any atom is 0.226 e. The van der Waals surface area contributed by atoms with Crippen molar-refractivity contribution in [2.45, 2.75) is 39.0 Å². The van der Waals surface area contributed by atoms with E-state index in [0.717, 1.165) is 24.1 Å². The van der Waals surface area contributed by atoms with Crippen LogP contribution in [0.15, 0.2) is 23.6 Å². The first-order valence-corrected chi connectivity index (χ1v) is 8.94. The normalized spacial score (nSPS) is 10.7. The summed E-state index contributed by atoms with van der Waals surface area (Å²) in [6.45, 7) is 2.15. The SMILES string of the molecule is CCCCCCC(=O)Nc1nc(-c2ccc(Cl)cc2Cl)cs1. The number of aromatic nitrogens is 1. The first-order valence-electron chi connectivity index (χ1n) is 7.31. The number of anilines is 1. The van der Waals surface area contributed by atoms with Crippen LogP contribution in [0, 0.1) is 0 Å². The molecule has 0 aliphatic rings. The molecule has 118 valence electrons. The van der Waals surface area contributed by atoms with E-state index >= 15 is 0 Å². The molecule has 1 heterocycles. The third-order valence-corrected chi connectivity index (χ3v) is 4.52. The van der Waals surface area contributed by atoms with Crippen molar-refractivity contribution in [2.75, 3.05) is 5.32 Å². The van der Waals surface area contributed by atoms with Gasteiger partial charge in [-0.2, -0.15) is 0 Å². The molecule has 22 heavy (non-hydrogen) atoms. The lowest BCUT2D eigenvalue weighted by Crippen LogP contribution is -2.10. The second-order valence-electron chi connectivity index (χ2n) is 5.02. The molecule has 0 atom stereocenters. The first-order chi connectivity index (χ1) is 10.6. The highest BCUT2D eigenvalue weighted by Crippen LogP contribution is 2.32. The summed E-state index contributed by atoms with van der Waals surface area (Å²) >= 11 is 13.5. The molecule has 1 aromatic carbocycles. The van der Waals surface area contributed by atoms with Gasteiger partial charge in [0.2, 0.25) is 5.91 Å². The number of halogens is 2. The summed E-state index contributed by atoms with van der Waals surface area (Å²) in [7, 11) is 0. The van der Waals surface area contributed by atoms with Crippen LogP contribution in [0.5, 0.6) is 0 Å². The number of thiazole rings is 1. The lowest BCUT2D eigenvalue weighted by Gasteiger charge is -2.02. The molecule has 2 aromatic rings. The number of hydrogen-bond acceptors (Lipinski definition) is 3. The topological polar surface area (TPSA) is 42.0 Å². The van der Waals surface area contributed by atoms with Gasteiger partial charge in [0, 0.05) is 22.4 Å². The van der Waals surface area contributed by atoms with E-state index in [-0.39, 0.29) is 5.91 Å². The molecule has 0 bridgehead atoms. The predicted octanol–water partition coefficient (Wildman–Crippen LogP) is 6.03. The van der Waals surface area contributed by atoms with Crippen LogP contribution in [-0.2, 0) is 4.79 Å². The molecule has 1 amide bonds. The Morgan fingerprint density at radius 1 is 1.27 bits per heavy atom. The van der Waals surface area contributed by atoms with Crippen LogP contribution >= 0.6 is 34.5 Å². The highest BCUT2D eigenvalue weighted by molar-refractivity contribution is 7.14. The molecule has 0 unspecified atom stereocenters. The first kappa shape index (κ1) is 17.3. The standard InChI is InChI=1S/C16H18Cl2N2OS/c1-2-3-4-5-6-15(21)20-16-19-14(10-22-16)12-8-7-11(17)9-13(12)18/h7-10H,2-6H2,1H3,(H,19,20,21). The van der Waals surface area contributed by atoms with Gasteiger partial charge in [0.05, 0.1) is 10.7 Å². The van der Waals surface area contributed by atoms with Crippen molar-refractivity contribution >= 4 is 45.6 Å². The van der Waals surface area contributed by atoms with Gasteiger partial charge in [-0.25, -0.2) is 4.98 Å². The minimum absolute atomic E-state index is 0.0132. The van der Waals surface area contributed by atoms with Gasteiger partial charge in [-0.05, 0) is 24.6 Å². The van der Waals surface area contributed by atoms with Gasteiger partial charge in [0.25, 0.3) is 0 Å². The Labute approximate surface area is 144 Å². The van der Waals surface area contributed by atoms with Crippen LogP contribution in [-0.4, -0.2) is 10.9 Å². The van der Waals surface area contributed by atoms with Gasteiger partial charge in [0.1, 0.15) is 0 Å². The van der Waals surface area contributed by atoms with E-state index in [0.29, 0.717) is 21.6 Å². The van der Waals surface area contributed by atoms with Gasteiger partial charge in [0.15, 0.2) is 5.13 Å². The fourth-order valence-electron chi connectivity index (χ4n) is 2.05. The van der Waals surface area contributed by atoms with Crippen molar-refractivity contribution in [3.63, 3.8) is 0 Å². The summed E-state index contributed by atoms with van der Waals surface area (Å²) in [4.78, 5) is 16.3. The van der Waals surface area contributed by atoms with Crippen LogP contribution in [0.25, 0.3) is 11.3 Å². The van der Waals surface area contributed by atoms with Gasteiger partial charge in [-0.3, -0.25) is 4.79 Å². The number of rotatable bonds is 7. The zero-order chi connectivity index (χ0) is 15.9. The molecule has 0 spiro atoms. The van der Waals surface area contributed by atoms with Gasteiger partial charge < -0.3 is 5.32 Å². The van der Waals surface area contributed by atoms with Crippen molar-refractivity contribution in [3.8, 4) is 11.3 Å². The summed E-state index contributed by atoms with van der Waals surface area (Å²) in [5.74, 6) is 0.0132. The molecular formula is C16H18Cl2N2OS. The Hall–Kier alpha value is -1.10. The summed E-state index contributed by atoms with van der Waals surface area (Å²) < 4.78 is 0. The predicted molar refractivity (Wildman–Crippen MR) is 95.0 cm³/mol. The largest absolute Gasteiger partial charge is 0.302 e. The van der Waals surface area contributed by atoms with Gasteiger partial charge in [-0.1, -0.05) is 49.4 Å². The number of carbonyl (C=O) groups excluding carboxylic acids is 1. The number of unbranched alkanes of at least 4 members (excludes halogenated alkanes) is 3. The zero-order valence-corrected chi connectivity index (χ0v) is 14.7. The Morgan fingerprint density at radius 2 is 2.09 bits per heavy atom. The second-order valence-corrected chi connectivity index (χ2v) is 6.72. The van der Waals surface area contributed by atoms with E-state index in [9.17, 15) is 4.79 Å². The summed E-state index contributed by atoms with van der Waals surface area (Å²) in [5.41, 5.74) is 1.55. The lowest BCUT2D eigenvalue weighted by molar-refractivity contribution is -0.116. The third kappa shape index (κ3) is 4.97. The number of nitrogens with one attached hydrogen (secondary N) is 1. The number of amides is 1. The average molecular weight is 357 g/mol. The molecule has 0 saturated heterocycles. The zero-order valence-electron chi connectivity index (χ0n) is 12.4. The molecule has 0 aliphatic heterocycles. The Morgan fingerprint density at radius 3 is 2.82 bits per heavy atom. The fourth-order valence-corrected chi connectivity index (χ4v) is 3.28. The Balaban J connectivity index is 1.95. The van der Waals surface area contributed by atoms with Crippen LogP contribution in [0.4, 0.5) is 5.13 Å². The summed E-state index contributed by atoms with van der Waals surface area (Å²) in [6, 6.07) is 5.29. The summed E-state index contributed by atoms with van der Waals surface area (Å²) in [5, 5.41) is 6.45. The molecule has 2 rings (SSSR count). The maximum atomic E-state index is 11.8. The fraction of sp³-hybridized carbons (Fsp3) is 0.375. The Kier molecular flexibility index (Phi) is 6.68. The van der Waals surface area contributed by atoms with Gasteiger partial charge in [-0.15, -0.1) is 11.3 Å². The highest BCUT2D eigenvalue weighted by Gasteiger charge is 2.10. The number of benzene rings is 1. The van der Waals surface area contributed by atoms with Crippen LogP contribution < -0.4 is 5.32 Å². The van der Waals surface area contributed by atoms with Crippen molar-refractivity contribution in [1.29, 1.82) is 0 Å². The lowest BCUT2D eigenvalue weighted by atomic mass is 10.1. The average Bonchev–Trinajstić information content (AvgIpc) is 2.92. The van der Waals surface area contributed by atoms with E-state index in [1.807, 2.05) is 11.4 Å². The minimum Gasteiger partial charge on any atom is -0.302 e. The molecule has 0 saturated carbocycles. The Bertz CT molecular complexity index is 643. The second kappa shape index (κ2) is 8.51. The van der Waals surface area contributed by atoms with Crippen molar-refractivity contribution < 1.29 is 4.79 Å². The maximum absolute atomic E-state index is 11.8. The highest BCUT2D eigenvalue weighted by atomic mass is 35.5.